The lowest BCUT2D eigenvalue weighted by atomic mass is 9.76. The van der Waals surface area contributed by atoms with Crippen LogP contribution in [0.4, 0.5) is 0 Å². The smallest absolute Gasteiger partial charge is 0.0113 e. The largest absolute Gasteiger partial charge is 0.133 e. The molecule has 1 aliphatic rings. The molecule has 0 saturated carbocycles. The van der Waals surface area contributed by atoms with Crippen LogP contribution in [0.5, 0.6) is 0 Å². The molecule has 1 unspecified atom stereocenters. The fraction of sp³-hybridized carbons (Fsp3) is 0.643. The summed E-state index contributed by atoms with van der Waals surface area (Å²) in [5.41, 5.74) is 4.76. The Morgan fingerprint density at radius 2 is 2.14 bits per heavy atom. The minimum absolute atomic E-state index is 0.382. The summed E-state index contributed by atoms with van der Waals surface area (Å²) >= 11 is 0. The molecule has 14 heavy (non-hydrogen) atoms. The van der Waals surface area contributed by atoms with Crippen molar-refractivity contribution in [3.8, 4) is 0 Å². The van der Waals surface area contributed by atoms with Gasteiger partial charge in [0.1, 0.15) is 0 Å². The van der Waals surface area contributed by atoms with Gasteiger partial charge in [0, 0.05) is 0 Å². The van der Waals surface area contributed by atoms with Gasteiger partial charge < -0.3 is 0 Å². The number of hydrogen-bond donors (Lipinski definition) is 0. The standard InChI is InChI=1S/C12H18.C2H6/c1-5-6-7-11-9-8-10(2)12(11,3)4;1-2/h6,8,11H,1,7,9H2,2-4H3;1-2H3. The van der Waals surface area contributed by atoms with E-state index in [0.717, 1.165) is 12.3 Å². The third-order valence-electron chi connectivity index (χ3n) is 3.29. The van der Waals surface area contributed by atoms with Crippen molar-refractivity contribution in [3.63, 3.8) is 0 Å². The summed E-state index contributed by atoms with van der Waals surface area (Å²) in [5, 5.41) is 0. The Morgan fingerprint density at radius 1 is 1.57 bits per heavy atom. The van der Waals surface area contributed by atoms with E-state index in [1.54, 1.807) is 0 Å². The van der Waals surface area contributed by atoms with Crippen LogP contribution >= 0.6 is 0 Å². The zero-order valence-electron chi connectivity index (χ0n) is 10.4. The van der Waals surface area contributed by atoms with Crippen LogP contribution in [0.3, 0.4) is 0 Å². The molecule has 0 radical (unpaired) electrons. The minimum atomic E-state index is 0.382. The molecule has 1 atom stereocenters. The molecule has 0 amide bonds. The van der Waals surface area contributed by atoms with Crippen LogP contribution in [-0.2, 0) is 0 Å². The molecule has 0 aromatic heterocycles. The summed E-state index contributed by atoms with van der Waals surface area (Å²) in [4.78, 5) is 0. The van der Waals surface area contributed by atoms with Gasteiger partial charge in [-0.15, -0.1) is 5.73 Å². The highest BCUT2D eigenvalue weighted by molar-refractivity contribution is 5.18. The second kappa shape index (κ2) is 5.88. The average Bonchev–Trinajstić information content (AvgIpc) is 2.43. The maximum Gasteiger partial charge on any atom is -0.0113 e. The molecule has 0 aliphatic heterocycles. The van der Waals surface area contributed by atoms with Gasteiger partial charge in [-0.3, -0.25) is 0 Å². The summed E-state index contributed by atoms with van der Waals surface area (Å²) in [6, 6.07) is 0. The van der Waals surface area contributed by atoms with Gasteiger partial charge in [0.2, 0.25) is 0 Å². The molecule has 0 heteroatoms. The van der Waals surface area contributed by atoms with E-state index in [0.29, 0.717) is 5.41 Å². The van der Waals surface area contributed by atoms with Gasteiger partial charge in [-0.25, -0.2) is 0 Å². The molecule has 0 aromatic rings. The Morgan fingerprint density at radius 3 is 2.50 bits per heavy atom. The minimum Gasteiger partial charge on any atom is -0.133 e. The first kappa shape index (κ1) is 13.3. The maximum atomic E-state index is 3.59. The predicted molar refractivity (Wildman–Crippen MR) is 65.3 cm³/mol. The summed E-state index contributed by atoms with van der Waals surface area (Å²) in [5.74, 6) is 0.756. The maximum absolute atomic E-state index is 3.59. The first-order chi connectivity index (χ1) is 6.59. The lowest BCUT2D eigenvalue weighted by Crippen LogP contribution is -2.19. The van der Waals surface area contributed by atoms with E-state index >= 15 is 0 Å². The Labute approximate surface area is 89.4 Å². The van der Waals surface area contributed by atoms with Crippen molar-refractivity contribution >= 4 is 0 Å². The second-order valence-electron chi connectivity index (χ2n) is 4.19. The third-order valence-corrected chi connectivity index (χ3v) is 3.29. The van der Waals surface area contributed by atoms with E-state index in [1.807, 2.05) is 13.8 Å². The fourth-order valence-electron chi connectivity index (χ4n) is 1.82. The molecule has 0 bridgehead atoms. The van der Waals surface area contributed by atoms with Gasteiger partial charge in [-0.2, -0.15) is 0 Å². The Balaban J connectivity index is 0.000000791. The quantitative estimate of drug-likeness (QED) is 0.438. The Hall–Kier alpha value is -0.740. The average molecular weight is 192 g/mol. The van der Waals surface area contributed by atoms with Crippen LogP contribution in [0.1, 0.15) is 47.5 Å². The molecular formula is C14H24. The number of hydrogen-bond acceptors (Lipinski definition) is 0. The molecular weight excluding hydrogens is 168 g/mol. The first-order valence-corrected chi connectivity index (χ1v) is 5.60. The lowest BCUT2D eigenvalue weighted by molar-refractivity contribution is 0.295. The van der Waals surface area contributed by atoms with Gasteiger partial charge >= 0.3 is 0 Å². The molecule has 0 aromatic carbocycles. The zero-order valence-corrected chi connectivity index (χ0v) is 10.4. The van der Waals surface area contributed by atoms with Crippen LogP contribution in [0.25, 0.3) is 0 Å². The monoisotopic (exact) mass is 192 g/mol. The SMILES string of the molecule is C=C=CCC1CC=C(C)C1(C)C.CC. The number of allylic oxidation sites excluding steroid dienone is 3. The zero-order chi connectivity index (χ0) is 11.2. The lowest BCUT2D eigenvalue weighted by Gasteiger charge is -2.28. The van der Waals surface area contributed by atoms with Crippen LogP contribution in [-0.4, -0.2) is 0 Å². The topological polar surface area (TPSA) is 0 Å². The highest BCUT2D eigenvalue weighted by atomic mass is 14.4. The molecule has 0 fully saturated rings. The first-order valence-electron chi connectivity index (χ1n) is 5.60. The molecule has 0 spiro atoms. The van der Waals surface area contributed by atoms with Crippen LogP contribution < -0.4 is 0 Å². The van der Waals surface area contributed by atoms with Gasteiger partial charge in [-0.1, -0.05) is 45.9 Å². The Kier molecular flexibility index (Phi) is 5.57. The molecule has 1 aliphatic carbocycles. The van der Waals surface area contributed by atoms with Crippen molar-refractivity contribution in [1.82, 2.24) is 0 Å². The van der Waals surface area contributed by atoms with Crippen molar-refractivity contribution in [3.05, 3.63) is 30.0 Å². The van der Waals surface area contributed by atoms with Crippen LogP contribution in [0.2, 0.25) is 0 Å². The highest BCUT2D eigenvalue weighted by Crippen LogP contribution is 2.44. The molecule has 0 nitrogen and oxygen atoms in total. The van der Waals surface area contributed by atoms with Crippen molar-refractivity contribution in [2.45, 2.75) is 47.5 Å². The Bertz CT molecular complexity index is 237. The fourth-order valence-corrected chi connectivity index (χ4v) is 1.82. The molecule has 0 heterocycles. The van der Waals surface area contributed by atoms with E-state index in [1.165, 1.54) is 12.0 Å². The van der Waals surface area contributed by atoms with E-state index in [4.69, 9.17) is 0 Å². The van der Waals surface area contributed by atoms with E-state index in [2.05, 4.69) is 45.2 Å². The predicted octanol–water partition coefficient (Wildman–Crippen LogP) is 4.74. The van der Waals surface area contributed by atoms with Crippen molar-refractivity contribution in [2.24, 2.45) is 11.3 Å². The van der Waals surface area contributed by atoms with Gasteiger partial charge in [0.15, 0.2) is 0 Å². The summed E-state index contributed by atoms with van der Waals surface area (Å²) in [6.07, 6.45) is 6.75. The van der Waals surface area contributed by atoms with Crippen LogP contribution in [0, 0.1) is 11.3 Å². The van der Waals surface area contributed by atoms with E-state index in [9.17, 15) is 0 Å². The summed E-state index contributed by atoms with van der Waals surface area (Å²) < 4.78 is 0. The molecule has 1 rings (SSSR count). The van der Waals surface area contributed by atoms with Gasteiger partial charge in [0.25, 0.3) is 0 Å². The third kappa shape index (κ3) is 2.89. The normalized spacial score (nSPS) is 22.9. The molecule has 0 N–H and O–H groups in total. The van der Waals surface area contributed by atoms with Crippen molar-refractivity contribution in [2.75, 3.05) is 0 Å². The van der Waals surface area contributed by atoms with E-state index in [-0.39, 0.29) is 0 Å². The van der Waals surface area contributed by atoms with Gasteiger partial charge in [0.05, 0.1) is 0 Å². The van der Waals surface area contributed by atoms with Gasteiger partial charge in [-0.05, 0) is 37.2 Å². The van der Waals surface area contributed by atoms with E-state index < -0.39 is 0 Å². The molecule has 80 valence electrons. The summed E-state index contributed by atoms with van der Waals surface area (Å²) in [6.45, 7) is 14.5. The second-order valence-corrected chi connectivity index (χ2v) is 4.19. The molecule has 0 saturated heterocycles. The van der Waals surface area contributed by atoms with Crippen LogP contribution in [0.15, 0.2) is 30.0 Å². The van der Waals surface area contributed by atoms with Crippen molar-refractivity contribution < 1.29 is 0 Å². The number of rotatable bonds is 2. The van der Waals surface area contributed by atoms with Crippen molar-refractivity contribution in [1.29, 1.82) is 0 Å². The summed E-state index contributed by atoms with van der Waals surface area (Å²) in [7, 11) is 0. The highest BCUT2D eigenvalue weighted by Gasteiger charge is 2.33.